The number of guanidine groups is 1. The van der Waals surface area contributed by atoms with E-state index < -0.39 is 0 Å². The Morgan fingerprint density at radius 2 is 1.95 bits per heavy atom. The lowest BCUT2D eigenvalue weighted by Gasteiger charge is -2.13. The highest BCUT2D eigenvalue weighted by Crippen LogP contribution is 2.34. The third-order valence-corrected chi connectivity index (χ3v) is 3.87. The Hall–Kier alpha value is -0.150. The lowest BCUT2D eigenvalue weighted by atomic mass is 10.3. The molecular weight excluding hydrogens is 444 g/mol. The largest absolute Gasteiger partial charge is 0.385 e. The van der Waals surface area contributed by atoms with Crippen LogP contribution in [0.3, 0.4) is 0 Å². The van der Waals surface area contributed by atoms with Gasteiger partial charge in [-0.2, -0.15) is 0 Å². The molecule has 0 spiro atoms. The van der Waals surface area contributed by atoms with Gasteiger partial charge in [-0.05, 0) is 50.4 Å². The maximum Gasteiger partial charge on any atom is 0.210 e. The molecule has 1 rings (SSSR count). The van der Waals surface area contributed by atoms with E-state index in [0.717, 1.165) is 25.5 Å². The van der Waals surface area contributed by atoms with Crippen LogP contribution in [0.15, 0.2) is 30.5 Å². The van der Waals surface area contributed by atoms with E-state index >= 15 is 0 Å². The molecule has 0 aliphatic rings. The molecule has 19 heavy (non-hydrogen) atoms. The van der Waals surface area contributed by atoms with Crippen molar-refractivity contribution in [2.75, 3.05) is 25.6 Å². The number of nitrogens with zero attached hydrogens (tertiary/aromatic N) is 1. The molecule has 0 unspecified atom stereocenters. The van der Waals surface area contributed by atoms with E-state index in [2.05, 4.69) is 63.5 Å². The second kappa shape index (κ2) is 8.91. The topological polar surface area (TPSA) is 71.7 Å². The Kier molecular flexibility index (Phi) is 7.93. The van der Waals surface area contributed by atoms with Gasteiger partial charge < -0.3 is 10.1 Å². The van der Waals surface area contributed by atoms with Crippen LogP contribution >= 0.6 is 47.8 Å². The molecule has 8 heteroatoms. The number of hydrazine groups is 1. The summed E-state index contributed by atoms with van der Waals surface area (Å²) in [6, 6.07) is 3.87. The number of methoxy groups -OCH3 is 1. The van der Waals surface area contributed by atoms with E-state index in [4.69, 9.17) is 10.6 Å². The zero-order valence-electron chi connectivity index (χ0n) is 10.3. The summed E-state index contributed by atoms with van der Waals surface area (Å²) in [6.07, 6.45) is 0.839. The fraction of sp³-hybridized carbons (Fsp3) is 0.364. The molecular formula is C11H15Br3N4O. The fourth-order valence-electron chi connectivity index (χ4n) is 1.30. The number of ether oxygens (including phenoxy) is 1. The van der Waals surface area contributed by atoms with Gasteiger partial charge in [-0.3, -0.25) is 10.4 Å². The minimum Gasteiger partial charge on any atom is -0.385 e. The predicted octanol–water partition coefficient (Wildman–Crippen LogP) is 3.24. The molecule has 5 nitrogen and oxygen atoms in total. The van der Waals surface area contributed by atoms with Gasteiger partial charge in [-0.15, -0.1) is 0 Å². The summed E-state index contributed by atoms with van der Waals surface area (Å²) in [5, 5.41) is 3.13. The Morgan fingerprint density at radius 3 is 2.47 bits per heavy atom. The van der Waals surface area contributed by atoms with Crippen molar-refractivity contribution in [1.82, 2.24) is 5.43 Å². The molecule has 0 fully saturated rings. The molecule has 4 N–H and O–H groups in total. The van der Waals surface area contributed by atoms with Gasteiger partial charge in [0.05, 0.1) is 5.69 Å². The monoisotopic (exact) mass is 456 g/mol. The molecule has 1 aromatic rings. The van der Waals surface area contributed by atoms with Crippen LogP contribution in [0, 0.1) is 0 Å². The van der Waals surface area contributed by atoms with Gasteiger partial charge >= 0.3 is 0 Å². The molecule has 1 aromatic carbocycles. The number of nitrogens with one attached hydrogen (secondary N) is 2. The van der Waals surface area contributed by atoms with Crippen LogP contribution in [0.4, 0.5) is 5.69 Å². The molecule has 0 aliphatic heterocycles. The first-order chi connectivity index (χ1) is 9.08. The van der Waals surface area contributed by atoms with E-state index in [1.165, 1.54) is 0 Å². The third kappa shape index (κ3) is 5.78. The average Bonchev–Trinajstić information content (AvgIpc) is 2.36. The van der Waals surface area contributed by atoms with Gasteiger partial charge in [-0.1, -0.05) is 15.9 Å². The van der Waals surface area contributed by atoms with Gasteiger partial charge in [0.25, 0.3) is 0 Å². The van der Waals surface area contributed by atoms with E-state index in [0.29, 0.717) is 19.1 Å². The van der Waals surface area contributed by atoms with Gasteiger partial charge in [0.1, 0.15) is 0 Å². The average molecular weight is 459 g/mol. The first-order valence-electron chi connectivity index (χ1n) is 5.50. The highest BCUT2D eigenvalue weighted by atomic mass is 79.9. The SMILES string of the molecule is COCCCN=C(NN)Nc1c(Br)cc(Br)cc1Br. The third-order valence-electron chi connectivity index (χ3n) is 2.16. The summed E-state index contributed by atoms with van der Waals surface area (Å²) < 4.78 is 7.73. The molecule has 0 atom stereocenters. The lowest BCUT2D eigenvalue weighted by molar-refractivity contribution is 0.197. The quantitative estimate of drug-likeness (QED) is 0.208. The van der Waals surface area contributed by atoms with E-state index in [9.17, 15) is 0 Å². The van der Waals surface area contributed by atoms with E-state index in [1.54, 1.807) is 7.11 Å². The van der Waals surface area contributed by atoms with Gasteiger partial charge in [0.2, 0.25) is 5.96 Å². The Bertz CT molecular complexity index is 431. The first kappa shape index (κ1) is 16.9. The zero-order chi connectivity index (χ0) is 14.3. The van der Waals surface area contributed by atoms with Crippen molar-refractivity contribution in [3.8, 4) is 0 Å². The van der Waals surface area contributed by atoms with Crippen LogP contribution in [-0.2, 0) is 4.74 Å². The van der Waals surface area contributed by atoms with E-state index in [-0.39, 0.29) is 0 Å². The van der Waals surface area contributed by atoms with Crippen LogP contribution < -0.4 is 16.6 Å². The van der Waals surface area contributed by atoms with E-state index in [1.807, 2.05) is 12.1 Å². The van der Waals surface area contributed by atoms with Gasteiger partial charge in [-0.25, -0.2) is 5.84 Å². The van der Waals surface area contributed by atoms with Gasteiger partial charge in [0, 0.05) is 33.7 Å². The van der Waals surface area contributed by atoms with Crippen molar-refractivity contribution in [3.05, 3.63) is 25.6 Å². The van der Waals surface area contributed by atoms with Crippen LogP contribution in [-0.4, -0.2) is 26.2 Å². The molecule has 0 aromatic heterocycles. The summed E-state index contributed by atoms with van der Waals surface area (Å²) >= 11 is 10.4. The molecule has 0 saturated heterocycles. The first-order valence-corrected chi connectivity index (χ1v) is 7.88. The molecule has 106 valence electrons. The van der Waals surface area contributed by atoms with Crippen molar-refractivity contribution < 1.29 is 4.74 Å². The second-order valence-corrected chi connectivity index (χ2v) is 6.21. The molecule has 0 aliphatic carbocycles. The minimum absolute atomic E-state index is 0.500. The molecule has 0 saturated carbocycles. The van der Waals surface area contributed by atoms with Crippen LogP contribution in [0.25, 0.3) is 0 Å². The summed E-state index contributed by atoms with van der Waals surface area (Å²) in [5.41, 5.74) is 3.39. The Morgan fingerprint density at radius 1 is 1.32 bits per heavy atom. The molecule has 0 heterocycles. The van der Waals surface area contributed by atoms with Crippen molar-refractivity contribution in [3.63, 3.8) is 0 Å². The number of hydrogen-bond donors (Lipinski definition) is 3. The maximum atomic E-state index is 5.45. The zero-order valence-corrected chi connectivity index (χ0v) is 15.1. The number of rotatable bonds is 5. The van der Waals surface area contributed by atoms with Crippen molar-refractivity contribution in [2.24, 2.45) is 10.8 Å². The summed E-state index contributed by atoms with van der Waals surface area (Å²) in [5.74, 6) is 5.95. The number of aliphatic imine (C=N–C) groups is 1. The normalized spacial score (nSPS) is 11.5. The smallest absolute Gasteiger partial charge is 0.210 e. The number of nitrogens with two attached hydrogens (primary N) is 1. The Balaban J connectivity index is 2.75. The highest BCUT2D eigenvalue weighted by molar-refractivity contribution is 9.11. The van der Waals surface area contributed by atoms with Crippen molar-refractivity contribution >= 4 is 59.4 Å². The Labute approximate surface area is 137 Å². The minimum atomic E-state index is 0.500. The lowest BCUT2D eigenvalue weighted by Crippen LogP contribution is -2.36. The standard InChI is InChI=1S/C11H15Br3N4O/c1-19-4-2-3-16-11(18-15)17-10-8(13)5-7(12)6-9(10)14/h5-6H,2-4,15H2,1H3,(H2,16,17,18). The number of anilines is 1. The predicted molar refractivity (Wildman–Crippen MR) is 89.3 cm³/mol. The summed E-state index contributed by atoms with van der Waals surface area (Å²) in [4.78, 5) is 4.32. The van der Waals surface area contributed by atoms with Crippen LogP contribution in [0.2, 0.25) is 0 Å². The molecule has 0 radical (unpaired) electrons. The number of halogens is 3. The summed E-state index contributed by atoms with van der Waals surface area (Å²) in [6.45, 7) is 1.30. The molecule has 0 amide bonds. The van der Waals surface area contributed by atoms with Gasteiger partial charge in [0.15, 0.2) is 0 Å². The van der Waals surface area contributed by atoms with Crippen LogP contribution in [0.1, 0.15) is 6.42 Å². The van der Waals surface area contributed by atoms with Crippen molar-refractivity contribution in [2.45, 2.75) is 6.42 Å². The molecule has 0 bridgehead atoms. The highest BCUT2D eigenvalue weighted by Gasteiger charge is 2.08. The fourth-order valence-corrected chi connectivity index (χ4v) is 3.76. The number of hydrogen-bond acceptors (Lipinski definition) is 3. The second-order valence-electron chi connectivity index (χ2n) is 3.59. The number of benzene rings is 1. The van der Waals surface area contributed by atoms with Crippen molar-refractivity contribution in [1.29, 1.82) is 0 Å². The summed E-state index contributed by atoms with van der Waals surface area (Å²) in [7, 11) is 1.67. The maximum absolute atomic E-state index is 5.45. The van der Waals surface area contributed by atoms with Crippen LogP contribution in [0.5, 0.6) is 0 Å².